The highest BCUT2D eigenvalue weighted by Gasteiger charge is 2.32. The molecule has 1 rings (SSSR count). The minimum absolute atomic E-state index is 0.489. The molecule has 0 bridgehead atoms. The van der Waals surface area contributed by atoms with Crippen LogP contribution in [0.3, 0.4) is 0 Å². The summed E-state index contributed by atoms with van der Waals surface area (Å²) in [6.45, 7) is 11.2. The Morgan fingerprint density at radius 3 is 2.31 bits per heavy atom. The van der Waals surface area contributed by atoms with Crippen LogP contribution in [0.4, 0.5) is 0 Å². The molecule has 0 saturated carbocycles. The molecule has 0 spiro atoms. The SMILES string of the molecule is CC(C)(C)CCSCC1(C)COC1. The molecule has 1 heterocycles. The zero-order chi connectivity index (χ0) is 9.95. The molecule has 0 unspecified atom stereocenters. The summed E-state index contributed by atoms with van der Waals surface area (Å²) >= 11 is 2.08. The lowest BCUT2D eigenvalue weighted by Crippen LogP contribution is -2.41. The molecular formula is C11H22OS. The van der Waals surface area contributed by atoms with Gasteiger partial charge in [0.2, 0.25) is 0 Å². The van der Waals surface area contributed by atoms with Crippen molar-refractivity contribution in [2.75, 3.05) is 24.7 Å². The zero-order valence-corrected chi connectivity index (χ0v) is 10.2. The summed E-state index contributed by atoms with van der Waals surface area (Å²) in [5, 5.41) is 0. The number of rotatable bonds is 4. The molecule has 0 radical (unpaired) electrons. The van der Waals surface area contributed by atoms with Crippen LogP contribution in [0.5, 0.6) is 0 Å². The van der Waals surface area contributed by atoms with Crippen LogP contribution in [0.2, 0.25) is 0 Å². The topological polar surface area (TPSA) is 9.23 Å². The van der Waals surface area contributed by atoms with E-state index >= 15 is 0 Å². The summed E-state index contributed by atoms with van der Waals surface area (Å²) in [6, 6.07) is 0. The largest absolute Gasteiger partial charge is 0.380 e. The van der Waals surface area contributed by atoms with Gasteiger partial charge in [0.25, 0.3) is 0 Å². The summed E-state index contributed by atoms with van der Waals surface area (Å²) in [4.78, 5) is 0. The third-order valence-corrected chi connectivity index (χ3v) is 3.74. The van der Waals surface area contributed by atoms with Crippen LogP contribution >= 0.6 is 11.8 Å². The molecule has 0 aliphatic carbocycles. The number of hydrogen-bond acceptors (Lipinski definition) is 2. The van der Waals surface area contributed by atoms with E-state index < -0.39 is 0 Å². The lowest BCUT2D eigenvalue weighted by Gasteiger charge is -2.37. The molecule has 0 atom stereocenters. The molecule has 0 N–H and O–H groups in total. The van der Waals surface area contributed by atoms with Gasteiger partial charge in [-0.3, -0.25) is 0 Å². The van der Waals surface area contributed by atoms with Gasteiger partial charge in [-0.1, -0.05) is 27.7 Å². The Kier molecular flexibility index (Phi) is 3.70. The number of thioether (sulfide) groups is 1. The van der Waals surface area contributed by atoms with Crippen LogP contribution in [-0.4, -0.2) is 24.7 Å². The van der Waals surface area contributed by atoms with E-state index in [1.54, 1.807) is 0 Å². The summed E-state index contributed by atoms with van der Waals surface area (Å²) in [6.07, 6.45) is 1.31. The van der Waals surface area contributed by atoms with Crippen molar-refractivity contribution in [1.82, 2.24) is 0 Å². The van der Waals surface area contributed by atoms with E-state index in [-0.39, 0.29) is 0 Å². The highest BCUT2D eigenvalue weighted by Crippen LogP contribution is 2.32. The quantitative estimate of drug-likeness (QED) is 0.647. The summed E-state index contributed by atoms with van der Waals surface area (Å²) < 4.78 is 5.22. The molecular weight excluding hydrogens is 180 g/mol. The van der Waals surface area contributed by atoms with Crippen LogP contribution in [0.15, 0.2) is 0 Å². The zero-order valence-electron chi connectivity index (χ0n) is 9.35. The number of ether oxygens (including phenoxy) is 1. The Morgan fingerprint density at radius 2 is 1.92 bits per heavy atom. The molecule has 78 valence electrons. The summed E-state index contributed by atoms with van der Waals surface area (Å²) in [5.41, 5.74) is 0.979. The second kappa shape index (κ2) is 4.22. The van der Waals surface area contributed by atoms with Gasteiger partial charge in [-0.25, -0.2) is 0 Å². The van der Waals surface area contributed by atoms with Crippen molar-refractivity contribution in [3.05, 3.63) is 0 Å². The molecule has 13 heavy (non-hydrogen) atoms. The van der Waals surface area contributed by atoms with Crippen molar-refractivity contribution in [2.24, 2.45) is 10.8 Å². The van der Waals surface area contributed by atoms with Crippen LogP contribution in [0, 0.1) is 10.8 Å². The van der Waals surface area contributed by atoms with Crippen LogP contribution in [0.25, 0.3) is 0 Å². The maximum atomic E-state index is 5.22. The van der Waals surface area contributed by atoms with E-state index in [0.717, 1.165) is 13.2 Å². The monoisotopic (exact) mass is 202 g/mol. The first kappa shape index (κ1) is 11.4. The third kappa shape index (κ3) is 4.37. The fourth-order valence-corrected chi connectivity index (χ4v) is 2.79. The van der Waals surface area contributed by atoms with Gasteiger partial charge >= 0.3 is 0 Å². The van der Waals surface area contributed by atoms with Crippen LogP contribution in [-0.2, 0) is 4.74 Å². The summed E-state index contributed by atoms with van der Waals surface area (Å²) in [5.74, 6) is 2.56. The maximum absolute atomic E-state index is 5.22. The first-order valence-electron chi connectivity index (χ1n) is 5.07. The molecule has 1 aliphatic heterocycles. The van der Waals surface area contributed by atoms with E-state index in [9.17, 15) is 0 Å². The molecule has 0 aromatic carbocycles. The van der Waals surface area contributed by atoms with E-state index in [2.05, 4.69) is 39.5 Å². The first-order valence-corrected chi connectivity index (χ1v) is 6.22. The lowest BCUT2D eigenvalue weighted by molar-refractivity contribution is -0.0861. The van der Waals surface area contributed by atoms with Crippen molar-refractivity contribution in [2.45, 2.75) is 34.1 Å². The molecule has 1 fully saturated rings. The normalized spacial score (nSPS) is 21.2. The molecule has 1 nitrogen and oxygen atoms in total. The third-order valence-electron chi connectivity index (χ3n) is 2.35. The van der Waals surface area contributed by atoms with Crippen molar-refractivity contribution in [3.63, 3.8) is 0 Å². The van der Waals surface area contributed by atoms with Crippen LogP contribution in [0.1, 0.15) is 34.1 Å². The van der Waals surface area contributed by atoms with Gasteiger partial charge in [0.05, 0.1) is 13.2 Å². The minimum Gasteiger partial charge on any atom is -0.380 e. The Labute approximate surface area is 86.6 Å². The number of hydrogen-bond donors (Lipinski definition) is 0. The van der Waals surface area contributed by atoms with Gasteiger partial charge in [-0.2, -0.15) is 11.8 Å². The Balaban J connectivity index is 2.01. The fourth-order valence-electron chi connectivity index (χ4n) is 1.23. The minimum atomic E-state index is 0.489. The van der Waals surface area contributed by atoms with Gasteiger partial charge in [-0.05, 0) is 17.6 Å². The van der Waals surface area contributed by atoms with Gasteiger partial charge < -0.3 is 4.74 Å². The van der Waals surface area contributed by atoms with Crippen molar-refractivity contribution in [1.29, 1.82) is 0 Å². The average molecular weight is 202 g/mol. The van der Waals surface area contributed by atoms with Gasteiger partial charge in [0, 0.05) is 11.2 Å². The predicted molar refractivity (Wildman–Crippen MR) is 60.3 cm³/mol. The van der Waals surface area contributed by atoms with E-state index in [1.165, 1.54) is 17.9 Å². The lowest BCUT2D eigenvalue weighted by atomic mass is 9.92. The van der Waals surface area contributed by atoms with E-state index in [4.69, 9.17) is 4.74 Å². The highest BCUT2D eigenvalue weighted by atomic mass is 32.2. The van der Waals surface area contributed by atoms with Crippen LogP contribution < -0.4 is 0 Å². The van der Waals surface area contributed by atoms with Gasteiger partial charge in [-0.15, -0.1) is 0 Å². The predicted octanol–water partition coefficient (Wildman–Crippen LogP) is 3.19. The van der Waals surface area contributed by atoms with E-state index in [1.807, 2.05) is 0 Å². The second-order valence-electron chi connectivity index (χ2n) is 5.67. The van der Waals surface area contributed by atoms with Gasteiger partial charge in [0.1, 0.15) is 0 Å². The maximum Gasteiger partial charge on any atom is 0.0550 e. The van der Waals surface area contributed by atoms with E-state index in [0.29, 0.717) is 10.8 Å². The Bertz CT molecular complexity index is 156. The fraction of sp³-hybridized carbons (Fsp3) is 1.00. The molecule has 0 aromatic heterocycles. The Hall–Kier alpha value is 0.310. The molecule has 1 aliphatic rings. The smallest absolute Gasteiger partial charge is 0.0550 e. The molecule has 0 aromatic rings. The molecule has 0 amide bonds. The van der Waals surface area contributed by atoms with Crippen molar-refractivity contribution >= 4 is 11.8 Å². The Morgan fingerprint density at radius 1 is 1.31 bits per heavy atom. The highest BCUT2D eigenvalue weighted by molar-refractivity contribution is 7.99. The standard InChI is InChI=1S/C11H22OS/c1-10(2,3)5-6-13-9-11(4)7-12-8-11/h5-9H2,1-4H3. The summed E-state index contributed by atoms with van der Waals surface area (Å²) in [7, 11) is 0. The molecule has 1 saturated heterocycles. The average Bonchev–Trinajstić information content (AvgIpc) is 1.93. The first-order chi connectivity index (χ1) is 5.91. The van der Waals surface area contributed by atoms with Crippen molar-refractivity contribution in [3.8, 4) is 0 Å². The van der Waals surface area contributed by atoms with Gasteiger partial charge in [0.15, 0.2) is 0 Å². The molecule has 2 heteroatoms. The van der Waals surface area contributed by atoms with Crippen molar-refractivity contribution < 1.29 is 4.74 Å². The second-order valence-corrected chi connectivity index (χ2v) is 6.77.